The molecule has 0 unspecified atom stereocenters. The summed E-state index contributed by atoms with van der Waals surface area (Å²) >= 11 is 4.19. The number of allylic oxidation sites excluding steroid dienone is 2. The van der Waals surface area contributed by atoms with Gasteiger partial charge in [0.25, 0.3) is 0 Å². The van der Waals surface area contributed by atoms with Crippen LogP contribution in [0, 0.1) is 6.92 Å². The molecule has 1 aliphatic rings. The van der Waals surface area contributed by atoms with Crippen LogP contribution in [0.2, 0.25) is 0 Å². The molecule has 2 rings (SSSR count). The molecule has 1 aromatic rings. The van der Waals surface area contributed by atoms with Gasteiger partial charge in [0.15, 0.2) is 0 Å². The van der Waals surface area contributed by atoms with Crippen LogP contribution in [0.15, 0.2) is 11.6 Å². The highest BCUT2D eigenvalue weighted by Gasteiger charge is 2.33. The summed E-state index contributed by atoms with van der Waals surface area (Å²) in [5.41, 5.74) is 4.01. The van der Waals surface area contributed by atoms with Gasteiger partial charge in [-0.15, -0.1) is 0 Å². The van der Waals surface area contributed by atoms with E-state index in [1.165, 1.54) is 7.11 Å². The van der Waals surface area contributed by atoms with Gasteiger partial charge in [-0.2, -0.15) is 12.6 Å². The van der Waals surface area contributed by atoms with E-state index in [1.807, 2.05) is 19.9 Å². The number of benzene rings is 1. The number of rotatable bonds is 9. The van der Waals surface area contributed by atoms with Crippen LogP contribution in [0.25, 0.3) is 0 Å². The van der Waals surface area contributed by atoms with E-state index in [0.29, 0.717) is 48.7 Å². The van der Waals surface area contributed by atoms with E-state index in [2.05, 4.69) is 17.4 Å². The number of cyclic esters (lactones) is 1. The van der Waals surface area contributed by atoms with Gasteiger partial charge in [0, 0.05) is 23.3 Å². The van der Waals surface area contributed by atoms with Crippen LogP contribution in [-0.4, -0.2) is 38.5 Å². The fraction of sp³-hybridized carbons (Fsp3) is 0.500. The maximum absolute atomic E-state index is 12.3. The Kier molecular flexibility index (Phi) is 7.59. The minimum absolute atomic E-state index is 0.224. The minimum Gasteiger partial charge on any atom is -0.496 e. The molecule has 1 aromatic carbocycles. The molecule has 1 heterocycles. The van der Waals surface area contributed by atoms with Gasteiger partial charge >= 0.3 is 11.9 Å². The van der Waals surface area contributed by atoms with E-state index in [1.54, 1.807) is 7.11 Å². The van der Waals surface area contributed by atoms with Crippen LogP contribution in [0.5, 0.6) is 11.5 Å². The maximum Gasteiger partial charge on any atom is 0.342 e. The van der Waals surface area contributed by atoms with Crippen molar-refractivity contribution in [3.63, 3.8) is 0 Å². The quantitative estimate of drug-likeness (QED) is 0.393. The zero-order valence-electron chi connectivity index (χ0n) is 16.2. The molecule has 148 valence electrons. The summed E-state index contributed by atoms with van der Waals surface area (Å²) in [6, 6.07) is 0. The number of hydrogen-bond acceptors (Lipinski definition) is 7. The monoisotopic (exact) mass is 394 g/mol. The third-order valence-electron chi connectivity index (χ3n) is 4.57. The SMILES string of the molecule is COC(=O)CC/C(C)=C/Cc1c(OC)c(C)c2c(c1OCCS)C(=O)OC2. The molecule has 7 heteroatoms. The van der Waals surface area contributed by atoms with Gasteiger partial charge in [0.2, 0.25) is 0 Å². The molecule has 6 nitrogen and oxygen atoms in total. The zero-order valence-corrected chi connectivity index (χ0v) is 17.1. The molecule has 0 aromatic heterocycles. The van der Waals surface area contributed by atoms with Crippen molar-refractivity contribution >= 4 is 24.6 Å². The lowest BCUT2D eigenvalue weighted by molar-refractivity contribution is -0.140. The molecule has 0 amide bonds. The van der Waals surface area contributed by atoms with Crippen LogP contribution in [-0.2, 0) is 27.3 Å². The summed E-state index contributed by atoms with van der Waals surface area (Å²) in [4.78, 5) is 23.6. The summed E-state index contributed by atoms with van der Waals surface area (Å²) in [6.07, 6.45) is 3.46. The Morgan fingerprint density at radius 1 is 1.26 bits per heavy atom. The molecule has 0 radical (unpaired) electrons. The average molecular weight is 394 g/mol. The first kappa shape index (κ1) is 21.2. The Hall–Kier alpha value is -2.15. The van der Waals surface area contributed by atoms with Crippen LogP contribution in [0.4, 0.5) is 0 Å². The van der Waals surface area contributed by atoms with E-state index >= 15 is 0 Å². The lowest BCUT2D eigenvalue weighted by Gasteiger charge is -2.19. The second kappa shape index (κ2) is 9.69. The van der Waals surface area contributed by atoms with Gasteiger partial charge in [-0.3, -0.25) is 4.79 Å². The molecule has 0 atom stereocenters. The number of ether oxygens (including phenoxy) is 4. The Labute approximate surface area is 165 Å². The summed E-state index contributed by atoms with van der Waals surface area (Å²) in [5, 5.41) is 0. The largest absolute Gasteiger partial charge is 0.496 e. The van der Waals surface area contributed by atoms with Gasteiger partial charge in [-0.25, -0.2) is 4.79 Å². The smallest absolute Gasteiger partial charge is 0.342 e. The Bertz CT molecular complexity index is 754. The number of carbonyl (C=O) groups excluding carboxylic acids is 2. The summed E-state index contributed by atoms with van der Waals surface area (Å²) < 4.78 is 21.4. The van der Waals surface area contributed by atoms with E-state index in [0.717, 1.165) is 22.3 Å². The van der Waals surface area contributed by atoms with E-state index < -0.39 is 0 Å². The van der Waals surface area contributed by atoms with Crippen LogP contribution in [0.1, 0.15) is 46.8 Å². The summed E-state index contributed by atoms with van der Waals surface area (Å²) in [6.45, 7) is 4.46. The molecular formula is C20H26O6S. The highest BCUT2D eigenvalue weighted by atomic mass is 32.1. The lowest BCUT2D eigenvalue weighted by atomic mass is 9.94. The molecule has 0 aliphatic carbocycles. The predicted octanol–water partition coefficient (Wildman–Crippen LogP) is 3.42. The first-order valence-corrected chi connectivity index (χ1v) is 9.43. The number of carbonyl (C=O) groups is 2. The highest BCUT2D eigenvalue weighted by Crippen LogP contribution is 2.42. The summed E-state index contributed by atoms with van der Waals surface area (Å²) in [7, 11) is 2.98. The number of esters is 2. The topological polar surface area (TPSA) is 71.1 Å². The van der Waals surface area contributed by atoms with E-state index in [4.69, 9.17) is 14.2 Å². The molecule has 27 heavy (non-hydrogen) atoms. The van der Waals surface area contributed by atoms with Crippen molar-refractivity contribution in [2.75, 3.05) is 26.6 Å². The highest BCUT2D eigenvalue weighted by molar-refractivity contribution is 7.80. The lowest BCUT2D eigenvalue weighted by Crippen LogP contribution is -2.10. The molecule has 0 N–H and O–H groups in total. The molecule has 0 spiro atoms. The molecule has 0 saturated heterocycles. The number of fused-ring (bicyclic) bond motifs is 1. The maximum atomic E-state index is 12.3. The van der Waals surface area contributed by atoms with Gasteiger partial charge < -0.3 is 18.9 Å². The number of methoxy groups -OCH3 is 2. The molecular weight excluding hydrogens is 368 g/mol. The minimum atomic E-state index is -0.377. The van der Waals surface area contributed by atoms with Gasteiger partial charge in [0.1, 0.15) is 23.7 Å². The fourth-order valence-electron chi connectivity index (χ4n) is 3.10. The van der Waals surface area contributed by atoms with Crippen LogP contribution < -0.4 is 9.47 Å². The third kappa shape index (κ3) is 4.77. The van der Waals surface area contributed by atoms with Crippen LogP contribution >= 0.6 is 12.6 Å². The van der Waals surface area contributed by atoms with Gasteiger partial charge in [0.05, 0.1) is 20.8 Å². The Balaban J connectivity index is 2.41. The normalized spacial score (nSPS) is 13.2. The first-order chi connectivity index (χ1) is 12.9. The van der Waals surface area contributed by atoms with Crippen molar-refractivity contribution in [3.05, 3.63) is 33.9 Å². The van der Waals surface area contributed by atoms with Crippen molar-refractivity contribution in [1.29, 1.82) is 0 Å². The van der Waals surface area contributed by atoms with E-state index in [9.17, 15) is 9.59 Å². The summed E-state index contributed by atoms with van der Waals surface area (Å²) in [5.74, 6) is 1.10. The molecule has 0 fully saturated rings. The van der Waals surface area contributed by atoms with Crippen molar-refractivity contribution in [2.24, 2.45) is 0 Å². The Morgan fingerprint density at radius 3 is 2.63 bits per heavy atom. The number of hydrogen-bond donors (Lipinski definition) is 1. The van der Waals surface area contributed by atoms with Crippen LogP contribution in [0.3, 0.4) is 0 Å². The standard InChI is InChI=1S/C20H26O6S/c1-12(6-8-16(21)23-3)5-7-14-18(24-4)13(2)15-11-26-20(22)17(15)19(14)25-9-10-27/h5,27H,6-11H2,1-4H3/b12-5+. The van der Waals surface area contributed by atoms with Gasteiger partial charge in [-0.1, -0.05) is 11.6 Å². The van der Waals surface area contributed by atoms with Gasteiger partial charge in [-0.05, 0) is 32.3 Å². The molecule has 0 bridgehead atoms. The van der Waals surface area contributed by atoms with E-state index in [-0.39, 0.29) is 18.5 Å². The molecule has 1 aliphatic heterocycles. The predicted molar refractivity (Wildman–Crippen MR) is 105 cm³/mol. The first-order valence-electron chi connectivity index (χ1n) is 8.80. The average Bonchev–Trinajstić information content (AvgIpc) is 3.05. The third-order valence-corrected chi connectivity index (χ3v) is 4.75. The number of thiol groups is 1. The van der Waals surface area contributed by atoms with Crippen molar-refractivity contribution in [2.45, 2.75) is 39.7 Å². The fourth-order valence-corrected chi connectivity index (χ4v) is 3.19. The second-order valence-corrected chi connectivity index (χ2v) is 6.75. The molecule has 0 saturated carbocycles. The van der Waals surface area contributed by atoms with Crippen molar-refractivity contribution in [3.8, 4) is 11.5 Å². The Morgan fingerprint density at radius 2 is 2.00 bits per heavy atom. The van der Waals surface area contributed by atoms with Crippen molar-refractivity contribution in [1.82, 2.24) is 0 Å². The zero-order chi connectivity index (χ0) is 20.0. The second-order valence-electron chi connectivity index (χ2n) is 6.30. The van der Waals surface area contributed by atoms with Crippen molar-refractivity contribution < 1.29 is 28.5 Å².